The summed E-state index contributed by atoms with van der Waals surface area (Å²) in [6, 6.07) is 3.46. The van der Waals surface area contributed by atoms with Gasteiger partial charge in [0.2, 0.25) is 0 Å². The second kappa shape index (κ2) is 4.85. The molecule has 1 aromatic carbocycles. The molecule has 1 heterocycles. The summed E-state index contributed by atoms with van der Waals surface area (Å²) in [4.78, 5) is 14.6. The van der Waals surface area contributed by atoms with Gasteiger partial charge in [-0.2, -0.15) is 13.2 Å². The van der Waals surface area contributed by atoms with Crippen molar-refractivity contribution in [2.45, 2.75) is 25.9 Å². The van der Waals surface area contributed by atoms with Crippen molar-refractivity contribution in [3.05, 3.63) is 35.0 Å². The van der Waals surface area contributed by atoms with Crippen molar-refractivity contribution in [1.29, 1.82) is 0 Å². The molecule has 0 aliphatic carbocycles. The molecule has 6 heteroatoms. The van der Waals surface area contributed by atoms with E-state index in [0.717, 1.165) is 12.1 Å². The Morgan fingerprint density at radius 3 is 2.55 bits per heavy atom. The lowest BCUT2D eigenvalue weighted by atomic mass is 9.97. The van der Waals surface area contributed by atoms with E-state index in [9.17, 15) is 18.0 Å². The normalized spacial score (nSPS) is 13.5. The third-order valence-corrected chi connectivity index (χ3v) is 3.35. The number of rotatable bonds is 2. The molecule has 0 radical (unpaired) electrons. The molecule has 3 nitrogen and oxygen atoms in total. The van der Waals surface area contributed by atoms with Crippen molar-refractivity contribution in [2.24, 2.45) is 0 Å². The van der Waals surface area contributed by atoms with Crippen LogP contribution in [-0.4, -0.2) is 18.1 Å². The number of benzene rings is 1. The number of carbonyl (C=O) groups is 1. The van der Waals surface area contributed by atoms with Gasteiger partial charge < -0.3 is 9.72 Å². The third-order valence-electron chi connectivity index (χ3n) is 3.35. The Bertz CT molecular complexity index is 658. The van der Waals surface area contributed by atoms with Gasteiger partial charge >= 0.3 is 12.1 Å². The number of hydrogen-bond donors (Lipinski definition) is 1. The molecular formula is C14H14F3NO2. The van der Waals surface area contributed by atoms with E-state index in [2.05, 4.69) is 9.72 Å². The molecular weight excluding hydrogens is 271 g/mol. The predicted octanol–water partition coefficient (Wildman–Crippen LogP) is 3.77. The van der Waals surface area contributed by atoms with Crippen LogP contribution in [0.15, 0.2) is 18.2 Å². The van der Waals surface area contributed by atoms with Crippen LogP contribution in [-0.2, 0) is 15.7 Å². The number of nitrogens with one attached hydrogen (secondary N) is 1. The first kappa shape index (κ1) is 14.4. The Hall–Kier alpha value is -1.98. The number of aryl methyl sites for hydroxylation is 1. The Morgan fingerprint density at radius 1 is 1.35 bits per heavy atom. The molecule has 108 valence electrons. The number of halogens is 3. The van der Waals surface area contributed by atoms with E-state index < -0.39 is 23.6 Å². The van der Waals surface area contributed by atoms with Crippen LogP contribution in [0.3, 0.4) is 0 Å². The zero-order valence-electron chi connectivity index (χ0n) is 11.3. The van der Waals surface area contributed by atoms with Gasteiger partial charge in [-0.3, -0.25) is 4.79 Å². The SMILES string of the molecule is COC(=O)C(C)c1c(C)[nH]c2ccc(C(F)(F)F)cc12. The number of aromatic amines is 1. The van der Waals surface area contributed by atoms with Gasteiger partial charge in [-0.15, -0.1) is 0 Å². The summed E-state index contributed by atoms with van der Waals surface area (Å²) >= 11 is 0. The minimum Gasteiger partial charge on any atom is -0.469 e. The van der Waals surface area contributed by atoms with E-state index in [1.807, 2.05) is 0 Å². The quantitative estimate of drug-likeness (QED) is 0.853. The Kier molecular flexibility index (Phi) is 3.50. The summed E-state index contributed by atoms with van der Waals surface area (Å²) in [7, 11) is 1.25. The van der Waals surface area contributed by atoms with E-state index in [4.69, 9.17) is 0 Å². The summed E-state index contributed by atoms with van der Waals surface area (Å²) in [6.07, 6.45) is -4.41. The van der Waals surface area contributed by atoms with Crippen LogP contribution in [0, 0.1) is 6.92 Å². The molecule has 20 heavy (non-hydrogen) atoms. The van der Waals surface area contributed by atoms with Crippen molar-refractivity contribution >= 4 is 16.9 Å². The van der Waals surface area contributed by atoms with Crippen LogP contribution in [0.2, 0.25) is 0 Å². The van der Waals surface area contributed by atoms with Crippen LogP contribution < -0.4 is 0 Å². The van der Waals surface area contributed by atoms with E-state index in [0.29, 0.717) is 22.2 Å². The first-order chi connectivity index (χ1) is 9.25. The largest absolute Gasteiger partial charge is 0.469 e. The fourth-order valence-corrected chi connectivity index (χ4v) is 2.38. The molecule has 2 rings (SSSR count). The summed E-state index contributed by atoms with van der Waals surface area (Å²) in [6.45, 7) is 3.34. The van der Waals surface area contributed by atoms with Crippen molar-refractivity contribution in [3.63, 3.8) is 0 Å². The van der Waals surface area contributed by atoms with Crippen molar-refractivity contribution < 1.29 is 22.7 Å². The lowest BCUT2D eigenvalue weighted by Crippen LogP contribution is -2.11. The third kappa shape index (κ3) is 2.37. The first-order valence-electron chi connectivity index (χ1n) is 6.03. The highest BCUT2D eigenvalue weighted by Gasteiger charge is 2.31. The summed E-state index contributed by atoms with van der Waals surface area (Å²) in [5.74, 6) is -1.11. The second-order valence-corrected chi connectivity index (χ2v) is 4.67. The van der Waals surface area contributed by atoms with Crippen LogP contribution in [0.4, 0.5) is 13.2 Å². The van der Waals surface area contributed by atoms with Gasteiger partial charge in [0.05, 0.1) is 18.6 Å². The number of hydrogen-bond acceptors (Lipinski definition) is 2. The monoisotopic (exact) mass is 285 g/mol. The predicted molar refractivity (Wildman–Crippen MR) is 68.5 cm³/mol. The van der Waals surface area contributed by atoms with Crippen molar-refractivity contribution in [3.8, 4) is 0 Å². The number of aromatic nitrogens is 1. The minimum absolute atomic E-state index is 0.398. The fourth-order valence-electron chi connectivity index (χ4n) is 2.38. The summed E-state index contributed by atoms with van der Waals surface area (Å²) in [5.41, 5.74) is 1.04. The number of methoxy groups -OCH3 is 1. The smallest absolute Gasteiger partial charge is 0.416 e. The van der Waals surface area contributed by atoms with Gasteiger partial charge in [-0.1, -0.05) is 0 Å². The van der Waals surface area contributed by atoms with E-state index in [1.165, 1.54) is 13.2 Å². The first-order valence-corrected chi connectivity index (χ1v) is 6.03. The Balaban J connectivity index is 2.64. The molecule has 1 aromatic heterocycles. The number of fused-ring (bicyclic) bond motifs is 1. The van der Waals surface area contributed by atoms with Gasteiger partial charge in [0, 0.05) is 16.6 Å². The highest BCUT2D eigenvalue weighted by Crippen LogP contribution is 2.35. The average molecular weight is 285 g/mol. The maximum Gasteiger partial charge on any atom is 0.416 e. The molecule has 0 fully saturated rings. The number of H-pyrrole nitrogens is 1. The number of carbonyl (C=O) groups excluding carboxylic acids is 1. The van der Waals surface area contributed by atoms with Gasteiger partial charge in [0.15, 0.2) is 0 Å². The van der Waals surface area contributed by atoms with Crippen LogP contribution >= 0.6 is 0 Å². The van der Waals surface area contributed by atoms with Crippen molar-refractivity contribution in [1.82, 2.24) is 4.98 Å². The molecule has 1 unspecified atom stereocenters. The Morgan fingerprint density at radius 2 is 2.00 bits per heavy atom. The van der Waals surface area contributed by atoms with Crippen LogP contribution in [0.25, 0.3) is 10.9 Å². The van der Waals surface area contributed by atoms with Gasteiger partial charge in [-0.05, 0) is 37.6 Å². The van der Waals surface area contributed by atoms with E-state index in [1.54, 1.807) is 13.8 Å². The molecule has 0 saturated carbocycles. The standard InChI is InChI=1S/C14H14F3NO2/c1-7(13(19)20-3)12-8(2)18-11-5-4-9(6-10(11)12)14(15,16)17/h4-7,18H,1-3H3. The van der Waals surface area contributed by atoms with Gasteiger partial charge in [-0.25, -0.2) is 0 Å². The fraction of sp³-hybridized carbons (Fsp3) is 0.357. The molecule has 0 aliphatic rings. The molecule has 2 aromatic rings. The molecule has 0 bridgehead atoms. The highest BCUT2D eigenvalue weighted by molar-refractivity contribution is 5.91. The molecule has 1 N–H and O–H groups in total. The molecule has 1 atom stereocenters. The van der Waals surface area contributed by atoms with Crippen LogP contribution in [0.5, 0.6) is 0 Å². The highest BCUT2D eigenvalue weighted by atomic mass is 19.4. The zero-order valence-corrected chi connectivity index (χ0v) is 11.3. The molecule has 0 amide bonds. The number of esters is 1. The van der Waals surface area contributed by atoms with Crippen molar-refractivity contribution in [2.75, 3.05) is 7.11 Å². The second-order valence-electron chi connectivity index (χ2n) is 4.67. The average Bonchev–Trinajstić information content (AvgIpc) is 2.70. The Labute approximate surface area is 113 Å². The maximum atomic E-state index is 12.8. The van der Waals surface area contributed by atoms with Gasteiger partial charge in [0.25, 0.3) is 0 Å². The van der Waals surface area contributed by atoms with Gasteiger partial charge in [0.1, 0.15) is 0 Å². The molecule has 0 spiro atoms. The molecule has 0 saturated heterocycles. The van der Waals surface area contributed by atoms with Crippen LogP contribution in [0.1, 0.15) is 29.7 Å². The molecule has 0 aliphatic heterocycles. The number of ether oxygens (including phenoxy) is 1. The minimum atomic E-state index is -4.41. The lowest BCUT2D eigenvalue weighted by molar-refractivity contribution is -0.142. The van der Waals surface area contributed by atoms with E-state index in [-0.39, 0.29) is 0 Å². The van der Waals surface area contributed by atoms with E-state index >= 15 is 0 Å². The summed E-state index contributed by atoms with van der Waals surface area (Å²) in [5, 5.41) is 0.398. The maximum absolute atomic E-state index is 12.8. The topological polar surface area (TPSA) is 42.1 Å². The zero-order chi connectivity index (χ0) is 15.1. The number of alkyl halides is 3. The summed E-state index contributed by atoms with van der Waals surface area (Å²) < 4.78 is 43.0. The lowest BCUT2D eigenvalue weighted by Gasteiger charge is -2.11.